The highest BCUT2D eigenvalue weighted by Crippen LogP contribution is 2.24. The van der Waals surface area contributed by atoms with Crippen molar-refractivity contribution >= 4 is 17.3 Å². The van der Waals surface area contributed by atoms with E-state index in [9.17, 15) is 0 Å². The maximum absolute atomic E-state index is 5.58. The molecule has 0 spiro atoms. The molecule has 1 aromatic heterocycles. The summed E-state index contributed by atoms with van der Waals surface area (Å²) in [5.41, 5.74) is 1.51. The Morgan fingerprint density at radius 2 is 2.20 bits per heavy atom. The molecule has 0 amide bonds. The predicted molar refractivity (Wildman–Crippen MR) is 108 cm³/mol. The van der Waals surface area contributed by atoms with Gasteiger partial charge in [0.05, 0.1) is 0 Å². The first-order chi connectivity index (χ1) is 12.2. The third-order valence-corrected chi connectivity index (χ3v) is 5.67. The SMILES string of the molecule is CCCCOCCCNC(=NC)NCC(C)N1CCc2sccc2C1. The lowest BCUT2D eigenvalue weighted by atomic mass is 10.1. The van der Waals surface area contributed by atoms with Crippen molar-refractivity contribution < 1.29 is 4.74 Å². The summed E-state index contributed by atoms with van der Waals surface area (Å²) in [7, 11) is 1.83. The summed E-state index contributed by atoms with van der Waals surface area (Å²) >= 11 is 1.90. The van der Waals surface area contributed by atoms with Gasteiger partial charge in [-0.05, 0) is 43.2 Å². The van der Waals surface area contributed by atoms with E-state index >= 15 is 0 Å². The van der Waals surface area contributed by atoms with Gasteiger partial charge in [0, 0.05) is 57.4 Å². The van der Waals surface area contributed by atoms with Crippen LogP contribution in [0, 0.1) is 0 Å². The Labute approximate surface area is 156 Å². The summed E-state index contributed by atoms with van der Waals surface area (Å²) < 4.78 is 5.58. The maximum Gasteiger partial charge on any atom is 0.191 e. The fraction of sp³-hybridized carbons (Fsp3) is 0.737. The van der Waals surface area contributed by atoms with Crippen molar-refractivity contribution in [1.82, 2.24) is 15.5 Å². The fourth-order valence-corrected chi connectivity index (χ4v) is 3.86. The van der Waals surface area contributed by atoms with E-state index < -0.39 is 0 Å². The first-order valence-electron chi connectivity index (χ1n) is 9.56. The molecule has 5 nitrogen and oxygen atoms in total. The molecule has 1 unspecified atom stereocenters. The highest BCUT2D eigenvalue weighted by Gasteiger charge is 2.21. The Morgan fingerprint density at radius 1 is 1.36 bits per heavy atom. The first-order valence-corrected chi connectivity index (χ1v) is 10.4. The summed E-state index contributed by atoms with van der Waals surface area (Å²) in [4.78, 5) is 8.43. The average molecular weight is 367 g/mol. The van der Waals surface area contributed by atoms with Gasteiger partial charge in [0.25, 0.3) is 0 Å². The van der Waals surface area contributed by atoms with E-state index in [4.69, 9.17) is 4.74 Å². The van der Waals surface area contributed by atoms with Crippen LogP contribution in [-0.2, 0) is 17.7 Å². The van der Waals surface area contributed by atoms with Crippen LogP contribution in [0.3, 0.4) is 0 Å². The quantitative estimate of drug-likeness (QED) is 0.380. The normalized spacial score (nSPS) is 16.5. The summed E-state index contributed by atoms with van der Waals surface area (Å²) in [5.74, 6) is 0.883. The highest BCUT2D eigenvalue weighted by atomic mass is 32.1. The van der Waals surface area contributed by atoms with Crippen LogP contribution in [0.15, 0.2) is 16.4 Å². The van der Waals surface area contributed by atoms with E-state index in [0.29, 0.717) is 6.04 Å². The third kappa shape index (κ3) is 6.96. The lowest BCUT2D eigenvalue weighted by molar-refractivity contribution is 0.129. The Hall–Kier alpha value is -1.11. The van der Waals surface area contributed by atoms with E-state index in [1.165, 1.54) is 18.4 Å². The zero-order valence-electron chi connectivity index (χ0n) is 16.0. The number of guanidine groups is 1. The monoisotopic (exact) mass is 366 g/mol. The van der Waals surface area contributed by atoms with Crippen LogP contribution in [-0.4, -0.2) is 56.8 Å². The molecule has 0 aromatic carbocycles. The number of hydrogen-bond donors (Lipinski definition) is 2. The standard InChI is InChI=1S/C19H34N4OS/c1-4-5-11-24-12-6-9-21-19(20-3)22-14-16(2)23-10-7-18-17(15-23)8-13-25-18/h8,13,16H,4-7,9-12,14-15H2,1-3H3,(H2,20,21,22). The molecular weight excluding hydrogens is 332 g/mol. The topological polar surface area (TPSA) is 48.9 Å². The molecule has 0 saturated carbocycles. The molecule has 142 valence electrons. The molecule has 1 aliphatic rings. The number of ether oxygens (including phenoxy) is 1. The van der Waals surface area contributed by atoms with Crippen molar-refractivity contribution in [2.45, 2.75) is 52.1 Å². The fourth-order valence-electron chi connectivity index (χ4n) is 2.97. The van der Waals surface area contributed by atoms with Gasteiger partial charge in [-0.2, -0.15) is 0 Å². The van der Waals surface area contributed by atoms with Crippen LogP contribution in [0.1, 0.15) is 43.6 Å². The van der Waals surface area contributed by atoms with Gasteiger partial charge in [0.2, 0.25) is 0 Å². The number of thiophene rings is 1. The third-order valence-electron chi connectivity index (χ3n) is 4.65. The van der Waals surface area contributed by atoms with Crippen molar-refractivity contribution in [1.29, 1.82) is 0 Å². The van der Waals surface area contributed by atoms with Crippen molar-refractivity contribution in [2.75, 3.05) is 39.9 Å². The molecule has 1 atom stereocenters. The summed E-state index contributed by atoms with van der Waals surface area (Å²) in [6, 6.07) is 2.76. The van der Waals surface area contributed by atoms with Crippen molar-refractivity contribution in [2.24, 2.45) is 4.99 Å². The van der Waals surface area contributed by atoms with E-state index in [0.717, 1.165) is 58.2 Å². The second kappa shape index (κ2) is 11.5. The lowest BCUT2D eigenvalue weighted by Crippen LogP contribution is -2.47. The number of unbranched alkanes of at least 4 members (excludes halogenated alkanes) is 1. The van der Waals surface area contributed by atoms with Crippen molar-refractivity contribution in [3.05, 3.63) is 21.9 Å². The molecule has 0 bridgehead atoms. The van der Waals surface area contributed by atoms with Gasteiger partial charge in [-0.1, -0.05) is 13.3 Å². The molecule has 0 fully saturated rings. The molecule has 0 aliphatic carbocycles. The minimum atomic E-state index is 0.490. The van der Waals surface area contributed by atoms with Gasteiger partial charge in [0.1, 0.15) is 0 Å². The largest absolute Gasteiger partial charge is 0.381 e. The Morgan fingerprint density at radius 3 is 3.00 bits per heavy atom. The molecule has 1 aliphatic heterocycles. The average Bonchev–Trinajstić information content (AvgIpc) is 3.10. The van der Waals surface area contributed by atoms with Crippen LogP contribution in [0.2, 0.25) is 0 Å². The molecule has 6 heteroatoms. The van der Waals surface area contributed by atoms with Gasteiger partial charge >= 0.3 is 0 Å². The van der Waals surface area contributed by atoms with Gasteiger partial charge < -0.3 is 15.4 Å². The second-order valence-electron chi connectivity index (χ2n) is 6.64. The summed E-state index contributed by atoms with van der Waals surface area (Å²) in [6.07, 6.45) is 4.53. The number of nitrogens with zero attached hydrogens (tertiary/aromatic N) is 2. The summed E-state index contributed by atoms with van der Waals surface area (Å²) in [6.45, 7) is 10.2. The van der Waals surface area contributed by atoms with E-state index in [2.05, 4.69) is 45.8 Å². The number of rotatable bonds is 10. The molecule has 1 aromatic rings. The Kier molecular flexibility index (Phi) is 9.29. The molecule has 0 saturated heterocycles. The molecule has 0 radical (unpaired) electrons. The molecule has 2 rings (SSSR count). The minimum Gasteiger partial charge on any atom is -0.381 e. The maximum atomic E-state index is 5.58. The Bertz CT molecular complexity index is 517. The molecule has 2 N–H and O–H groups in total. The van der Waals surface area contributed by atoms with E-state index in [1.54, 1.807) is 4.88 Å². The number of nitrogens with one attached hydrogen (secondary N) is 2. The van der Waals surface area contributed by atoms with E-state index in [1.807, 2.05) is 18.4 Å². The lowest BCUT2D eigenvalue weighted by Gasteiger charge is -2.32. The zero-order chi connectivity index (χ0) is 17.9. The van der Waals surface area contributed by atoms with Crippen LogP contribution < -0.4 is 10.6 Å². The van der Waals surface area contributed by atoms with Crippen molar-refractivity contribution in [3.8, 4) is 0 Å². The van der Waals surface area contributed by atoms with Crippen LogP contribution in [0.5, 0.6) is 0 Å². The number of aliphatic imine (C=N–C) groups is 1. The van der Waals surface area contributed by atoms with E-state index in [-0.39, 0.29) is 0 Å². The van der Waals surface area contributed by atoms with Gasteiger partial charge in [-0.15, -0.1) is 11.3 Å². The number of hydrogen-bond acceptors (Lipinski definition) is 4. The molecule has 2 heterocycles. The number of fused-ring (bicyclic) bond motifs is 1. The van der Waals surface area contributed by atoms with Crippen LogP contribution in [0.4, 0.5) is 0 Å². The Balaban J connectivity index is 1.60. The minimum absolute atomic E-state index is 0.490. The molecule has 25 heavy (non-hydrogen) atoms. The van der Waals surface area contributed by atoms with Crippen LogP contribution >= 0.6 is 11.3 Å². The first kappa shape index (κ1) is 20.2. The summed E-state index contributed by atoms with van der Waals surface area (Å²) in [5, 5.41) is 9.04. The van der Waals surface area contributed by atoms with Gasteiger partial charge in [0.15, 0.2) is 5.96 Å². The highest BCUT2D eigenvalue weighted by molar-refractivity contribution is 7.10. The second-order valence-corrected chi connectivity index (χ2v) is 7.64. The van der Waals surface area contributed by atoms with Gasteiger partial charge in [-0.3, -0.25) is 9.89 Å². The predicted octanol–water partition coefficient (Wildman–Crippen LogP) is 2.87. The zero-order valence-corrected chi connectivity index (χ0v) is 16.8. The smallest absolute Gasteiger partial charge is 0.191 e. The van der Waals surface area contributed by atoms with Gasteiger partial charge in [-0.25, -0.2) is 0 Å². The molecular formula is C19H34N4OS. The van der Waals surface area contributed by atoms with Crippen LogP contribution in [0.25, 0.3) is 0 Å². The van der Waals surface area contributed by atoms with Crippen molar-refractivity contribution in [3.63, 3.8) is 0 Å².